The Kier molecular flexibility index (Phi) is 15.1. The molecule has 0 spiro atoms. The molecule has 0 aromatic rings. The molecule has 0 aromatic carbocycles. The van der Waals surface area contributed by atoms with Gasteiger partial charge in [0, 0.05) is 12.8 Å². The van der Waals surface area contributed by atoms with Gasteiger partial charge in [-0.15, -0.1) is 0 Å². The lowest BCUT2D eigenvalue weighted by Gasteiger charge is -2.01. The summed E-state index contributed by atoms with van der Waals surface area (Å²) in [5.41, 5.74) is 0. The van der Waals surface area contributed by atoms with Crippen LogP contribution in [0.5, 0.6) is 0 Å². The molecular formula is C18H32O4. The van der Waals surface area contributed by atoms with Crippen molar-refractivity contribution in [2.45, 2.75) is 84.0 Å². The maximum Gasteiger partial charge on any atom is 0.303 e. The molecule has 0 rings (SSSR count). The number of hydrogen-bond acceptors (Lipinski definition) is 3. The van der Waals surface area contributed by atoms with Crippen molar-refractivity contribution in [3.63, 3.8) is 0 Å². The van der Waals surface area contributed by atoms with Gasteiger partial charge >= 0.3 is 5.97 Å². The highest BCUT2D eigenvalue weighted by Gasteiger charge is 1.97. The summed E-state index contributed by atoms with van der Waals surface area (Å²) in [5, 5.41) is 17.4. The van der Waals surface area contributed by atoms with E-state index < -0.39 is 5.97 Å². The lowest BCUT2D eigenvalue weighted by molar-refractivity contribution is -0.204. The van der Waals surface area contributed by atoms with E-state index in [0.717, 1.165) is 44.9 Å². The van der Waals surface area contributed by atoms with Crippen molar-refractivity contribution < 1.29 is 20.0 Å². The van der Waals surface area contributed by atoms with E-state index in [0.29, 0.717) is 12.2 Å². The van der Waals surface area contributed by atoms with E-state index in [1.807, 2.05) is 12.2 Å². The van der Waals surface area contributed by atoms with Gasteiger partial charge in [-0.1, -0.05) is 51.2 Å². The lowest BCUT2D eigenvalue weighted by Crippen LogP contribution is -1.93. The minimum atomic E-state index is -0.713. The fraction of sp³-hybridized carbons (Fsp3) is 0.722. The molecule has 0 heterocycles. The van der Waals surface area contributed by atoms with Crippen molar-refractivity contribution in [3.8, 4) is 0 Å². The third kappa shape index (κ3) is 15.1. The quantitative estimate of drug-likeness (QED) is 0.134. The average molecular weight is 312 g/mol. The molecule has 0 aliphatic heterocycles. The summed E-state index contributed by atoms with van der Waals surface area (Å²) in [6.45, 7) is 2.19. The van der Waals surface area contributed by atoms with E-state index in [1.54, 1.807) is 0 Å². The second-order valence-corrected chi connectivity index (χ2v) is 5.63. The molecule has 0 bridgehead atoms. The Hall–Kier alpha value is -1.29. The first-order chi connectivity index (χ1) is 10.7. The van der Waals surface area contributed by atoms with Crippen LogP contribution in [0.2, 0.25) is 0 Å². The van der Waals surface area contributed by atoms with Crippen LogP contribution in [0, 0.1) is 0 Å². The second kappa shape index (κ2) is 16.1. The maximum atomic E-state index is 10.4. The third-order valence-corrected chi connectivity index (χ3v) is 3.54. The van der Waals surface area contributed by atoms with Crippen molar-refractivity contribution in [1.29, 1.82) is 0 Å². The van der Waals surface area contributed by atoms with Crippen LogP contribution in [0.25, 0.3) is 0 Å². The van der Waals surface area contributed by atoms with Crippen molar-refractivity contribution in [2.75, 3.05) is 0 Å². The maximum absolute atomic E-state index is 10.4. The number of allylic oxidation sites excluding steroid dienone is 3. The molecule has 0 saturated heterocycles. The summed E-state index contributed by atoms with van der Waals surface area (Å²) in [6, 6.07) is 0. The van der Waals surface area contributed by atoms with Gasteiger partial charge in [0.25, 0.3) is 0 Å². The molecule has 0 amide bonds. The Morgan fingerprint density at radius 2 is 1.64 bits per heavy atom. The molecule has 128 valence electrons. The fourth-order valence-corrected chi connectivity index (χ4v) is 2.20. The van der Waals surface area contributed by atoms with Gasteiger partial charge in [-0.05, 0) is 38.2 Å². The van der Waals surface area contributed by atoms with Crippen LogP contribution in [-0.2, 0) is 9.68 Å². The fourth-order valence-electron chi connectivity index (χ4n) is 2.20. The van der Waals surface area contributed by atoms with Crippen molar-refractivity contribution in [3.05, 3.63) is 24.0 Å². The van der Waals surface area contributed by atoms with Crippen LogP contribution in [-0.4, -0.2) is 16.3 Å². The van der Waals surface area contributed by atoms with E-state index in [-0.39, 0.29) is 6.42 Å². The number of hydrogen-bond donors (Lipinski definition) is 2. The van der Waals surface area contributed by atoms with E-state index >= 15 is 0 Å². The Labute approximate surface area is 134 Å². The zero-order chi connectivity index (χ0) is 16.5. The van der Waals surface area contributed by atoms with Gasteiger partial charge in [-0.3, -0.25) is 4.79 Å². The summed E-state index contributed by atoms with van der Waals surface area (Å²) in [5.74, 6) is -0.104. The number of carboxylic acids is 1. The predicted octanol–water partition coefficient (Wildman–Crippen LogP) is 5.70. The molecule has 4 heteroatoms. The molecule has 4 nitrogen and oxygen atoms in total. The number of carboxylic acid groups (broad SMARTS) is 1. The van der Waals surface area contributed by atoms with Gasteiger partial charge in [0.05, 0.1) is 0 Å². The van der Waals surface area contributed by atoms with Crippen molar-refractivity contribution in [1.82, 2.24) is 0 Å². The van der Waals surface area contributed by atoms with E-state index in [9.17, 15) is 4.79 Å². The van der Waals surface area contributed by atoms with Crippen LogP contribution in [0.4, 0.5) is 0 Å². The first-order valence-corrected chi connectivity index (χ1v) is 8.58. The molecule has 0 unspecified atom stereocenters. The predicted molar refractivity (Wildman–Crippen MR) is 89.7 cm³/mol. The molecular weight excluding hydrogens is 280 g/mol. The molecule has 0 fully saturated rings. The zero-order valence-electron chi connectivity index (χ0n) is 13.9. The number of carbonyl (C=O) groups is 1. The highest BCUT2D eigenvalue weighted by Crippen LogP contribution is 2.11. The number of unbranched alkanes of at least 4 members (excludes halogenated alkanes) is 8. The van der Waals surface area contributed by atoms with E-state index in [1.165, 1.54) is 19.3 Å². The molecule has 0 atom stereocenters. The molecule has 2 N–H and O–H groups in total. The van der Waals surface area contributed by atoms with Crippen LogP contribution >= 0.6 is 0 Å². The Balaban J connectivity index is 3.59. The Bertz CT molecular complexity index is 321. The van der Waals surface area contributed by atoms with E-state index in [2.05, 4.69) is 17.9 Å². The van der Waals surface area contributed by atoms with Crippen LogP contribution in [0.15, 0.2) is 24.0 Å². The minimum Gasteiger partial charge on any atom is -0.481 e. The van der Waals surface area contributed by atoms with Crippen molar-refractivity contribution >= 4 is 5.97 Å². The highest BCUT2D eigenvalue weighted by molar-refractivity contribution is 5.66. The van der Waals surface area contributed by atoms with Gasteiger partial charge in [0.1, 0.15) is 5.76 Å². The molecule has 0 aromatic heterocycles. The first-order valence-electron chi connectivity index (χ1n) is 8.58. The molecule has 22 heavy (non-hydrogen) atoms. The molecule has 0 saturated carbocycles. The molecule has 0 aliphatic carbocycles. The summed E-state index contributed by atoms with van der Waals surface area (Å²) in [7, 11) is 0. The second-order valence-electron chi connectivity index (χ2n) is 5.63. The van der Waals surface area contributed by atoms with Gasteiger partial charge < -0.3 is 9.99 Å². The zero-order valence-corrected chi connectivity index (χ0v) is 13.9. The minimum absolute atomic E-state index is 0.271. The Morgan fingerprint density at radius 1 is 0.955 bits per heavy atom. The van der Waals surface area contributed by atoms with Crippen LogP contribution in [0.3, 0.4) is 0 Å². The smallest absolute Gasteiger partial charge is 0.303 e. The normalized spacial score (nSPS) is 12.0. The van der Waals surface area contributed by atoms with Crippen LogP contribution in [0.1, 0.15) is 84.0 Å². The van der Waals surface area contributed by atoms with Gasteiger partial charge in [0.2, 0.25) is 0 Å². The lowest BCUT2D eigenvalue weighted by atomic mass is 10.1. The molecule has 0 aliphatic rings. The largest absolute Gasteiger partial charge is 0.481 e. The van der Waals surface area contributed by atoms with Gasteiger partial charge in [-0.2, -0.15) is 0 Å². The highest BCUT2D eigenvalue weighted by atomic mass is 17.1. The average Bonchev–Trinajstić information content (AvgIpc) is 2.50. The molecule has 0 radical (unpaired) electrons. The summed E-state index contributed by atoms with van der Waals surface area (Å²) < 4.78 is 0. The van der Waals surface area contributed by atoms with Crippen molar-refractivity contribution in [2.24, 2.45) is 0 Å². The summed E-state index contributed by atoms with van der Waals surface area (Å²) in [6.07, 6.45) is 17.6. The Morgan fingerprint density at radius 3 is 2.32 bits per heavy atom. The number of rotatable bonds is 15. The third-order valence-electron chi connectivity index (χ3n) is 3.54. The monoisotopic (exact) mass is 312 g/mol. The standard InChI is InChI=1S/C18H32O4/c1-2-3-4-5-8-11-14-17(22-21)15-12-9-6-7-10-13-16-18(19)20/h8,11,15,21H,2-7,9-10,12-14,16H2,1H3,(H,19,20)/b11-8-,17-15-. The van der Waals surface area contributed by atoms with Gasteiger partial charge in [0.15, 0.2) is 0 Å². The first kappa shape index (κ1) is 20.7. The summed E-state index contributed by atoms with van der Waals surface area (Å²) in [4.78, 5) is 14.7. The summed E-state index contributed by atoms with van der Waals surface area (Å²) >= 11 is 0. The SMILES string of the molecule is CCCCC/C=C\C/C(=C/CCCCCCCC(=O)O)OO. The van der Waals surface area contributed by atoms with Gasteiger partial charge in [-0.25, -0.2) is 5.26 Å². The van der Waals surface area contributed by atoms with E-state index in [4.69, 9.17) is 10.4 Å². The number of aliphatic carboxylic acids is 1. The van der Waals surface area contributed by atoms with Crippen LogP contribution < -0.4 is 0 Å². The topological polar surface area (TPSA) is 66.8 Å².